The molecule has 0 amide bonds. The molecule has 24 heavy (non-hydrogen) atoms. The molecule has 0 saturated heterocycles. The minimum Gasteiger partial charge on any atom is -0.334 e. The number of hydrogen-bond acceptors (Lipinski definition) is 4. The first-order valence-electron chi connectivity index (χ1n) is 6.69. The van der Waals surface area contributed by atoms with Gasteiger partial charge in [-0.2, -0.15) is 18.2 Å². The van der Waals surface area contributed by atoms with E-state index in [1.54, 1.807) is 0 Å². The highest BCUT2D eigenvalue weighted by Gasteiger charge is 2.31. The second-order valence-corrected chi connectivity index (χ2v) is 4.90. The van der Waals surface area contributed by atoms with Crippen LogP contribution in [0.2, 0.25) is 0 Å². The van der Waals surface area contributed by atoms with Crippen LogP contribution in [0.3, 0.4) is 0 Å². The average Bonchev–Trinajstić information content (AvgIpc) is 2.97. The number of benzene rings is 1. The fourth-order valence-electron chi connectivity index (χ4n) is 2.00. The van der Waals surface area contributed by atoms with Crippen molar-refractivity contribution in [3.8, 4) is 11.5 Å². The van der Waals surface area contributed by atoms with Crippen LogP contribution in [-0.2, 0) is 12.7 Å². The number of aromatic nitrogens is 3. The van der Waals surface area contributed by atoms with E-state index in [2.05, 4.69) is 10.1 Å². The van der Waals surface area contributed by atoms with Crippen LogP contribution >= 0.6 is 0 Å². The molecule has 0 aliphatic heterocycles. The minimum absolute atomic E-state index is 0.0238. The Hall–Kier alpha value is -2.97. The van der Waals surface area contributed by atoms with Crippen LogP contribution in [0, 0.1) is 5.82 Å². The molecule has 3 aromatic rings. The number of alkyl halides is 3. The van der Waals surface area contributed by atoms with Gasteiger partial charge in [-0.3, -0.25) is 4.79 Å². The van der Waals surface area contributed by atoms with Crippen LogP contribution in [0.25, 0.3) is 11.5 Å². The molecule has 0 N–H and O–H groups in total. The molecular weight excluding hydrogens is 330 g/mol. The molecule has 0 spiro atoms. The third-order valence-electron chi connectivity index (χ3n) is 3.18. The third-order valence-corrected chi connectivity index (χ3v) is 3.18. The molecule has 3 rings (SSSR count). The van der Waals surface area contributed by atoms with Gasteiger partial charge in [-0.15, -0.1) is 0 Å². The largest absolute Gasteiger partial charge is 0.417 e. The molecule has 0 saturated carbocycles. The first-order valence-corrected chi connectivity index (χ1v) is 6.69. The van der Waals surface area contributed by atoms with Crippen molar-refractivity contribution in [3.63, 3.8) is 0 Å². The SMILES string of the molecule is O=c1ccc(C(F)(F)F)cn1Cc1noc(-c2ccc(F)cc2)n1. The fourth-order valence-corrected chi connectivity index (χ4v) is 2.00. The Bertz CT molecular complexity index is 913. The van der Waals surface area contributed by atoms with Crippen LogP contribution in [0.1, 0.15) is 11.4 Å². The van der Waals surface area contributed by atoms with Gasteiger partial charge < -0.3 is 9.09 Å². The Morgan fingerprint density at radius 3 is 2.46 bits per heavy atom. The molecule has 1 aromatic carbocycles. The predicted molar refractivity (Wildman–Crippen MR) is 74.5 cm³/mol. The van der Waals surface area contributed by atoms with Crippen molar-refractivity contribution in [3.05, 3.63) is 70.2 Å². The lowest BCUT2D eigenvalue weighted by atomic mass is 10.2. The number of nitrogens with zero attached hydrogens (tertiary/aromatic N) is 3. The topological polar surface area (TPSA) is 60.9 Å². The summed E-state index contributed by atoms with van der Waals surface area (Å²) in [6.45, 7) is -0.284. The van der Waals surface area contributed by atoms with Crippen LogP contribution in [-0.4, -0.2) is 14.7 Å². The molecule has 5 nitrogen and oxygen atoms in total. The predicted octanol–water partition coefficient (Wildman–Crippen LogP) is 3.10. The molecule has 0 atom stereocenters. The molecule has 0 fully saturated rings. The summed E-state index contributed by atoms with van der Waals surface area (Å²) in [6, 6.07) is 6.78. The lowest BCUT2D eigenvalue weighted by molar-refractivity contribution is -0.138. The number of hydrogen-bond donors (Lipinski definition) is 0. The monoisotopic (exact) mass is 339 g/mol. The summed E-state index contributed by atoms with van der Waals surface area (Å²) in [7, 11) is 0. The van der Waals surface area contributed by atoms with E-state index in [4.69, 9.17) is 4.52 Å². The highest BCUT2D eigenvalue weighted by molar-refractivity contribution is 5.52. The number of rotatable bonds is 3. The van der Waals surface area contributed by atoms with E-state index in [-0.39, 0.29) is 18.3 Å². The Morgan fingerprint density at radius 1 is 1.08 bits per heavy atom. The van der Waals surface area contributed by atoms with Crippen LogP contribution in [0.5, 0.6) is 0 Å². The molecule has 124 valence electrons. The lowest BCUT2D eigenvalue weighted by Gasteiger charge is -2.08. The summed E-state index contributed by atoms with van der Waals surface area (Å²) in [5.41, 5.74) is -1.13. The van der Waals surface area contributed by atoms with Crippen LogP contribution in [0.15, 0.2) is 51.9 Å². The van der Waals surface area contributed by atoms with E-state index in [1.165, 1.54) is 24.3 Å². The Morgan fingerprint density at radius 2 is 1.79 bits per heavy atom. The van der Waals surface area contributed by atoms with Gasteiger partial charge in [0.15, 0.2) is 5.82 Å². The highest BCUT2D eigenvalue weighted by atomic mass is 19.4. The summed E-state index contributed by atoms with van der Waals surface area (Å²) in [6.07, 6.45) is -3.87. The molecule has 0 bridgehead atoms. The normalized spacial score (nSPS) is 11.7. The lowest BCUT2D eigenvalue weighted by Crippen LogP contribution is -2.22. The second-order valence-electron chi connectivity index (χ2n) is 4.90. The van der Waals surface area contributed by atoms with Crippen molar-refractivity contribution in [2.24, 2.45) is 0 Å². The maximum Gasteiger partial charge on any atom is 0.417 e. The summed E-state index contributed by atoms with van der Waals surface area (Å²) < 4.78 is 56.8. The zero-order valence-corrected chi connectivity index (χ0v) is 11.9. The van der Waals surface area contributed by atoms with E-state index in [9.17, 15) is 22.4 Å². The minimum atomic E-state index is -4.56. The van der Waals surface area contributed by atoms with Crippen molar-refractivity contribution < 1.29 is 22.1 Å². The van der Waals surface area contributed by atoms with Gasteiger partial charge in [0.1, 0.15) is 5.82 Å². The van der Waals surface area contributed by atoms with Crippen molar-refractivity contribution in [1.29, 1.82) is 0 Å². The molecule has 2 aromatic heterocycles. The molecule has 9 heteroatoms. The van der Waals surface area contributed by atoms with Crippen molar-refractivity contribution in [1.82, 2.24) is 14.7 Å². The summed E-state index contributed by atoms with van der Waals surface area (Å²) in [4.78, 5) is 15.7. The van der Waals surface area contributed by atoms with Gasteiger partial charge in [0.25, 0.3) is 11.4 Å². The van der Waals surface area contributed by atoms with Gasteiger partial charge in [0.2, 0.25) is 0 Å². The number of halogens is 4. The second kappa shape index (κ2) is 5.91. The Kier molecular flexibility index (Phi) is 3.92. The zero-order chi connectivity index (χ0) is 17.3. The van der Waals surface area contributed by atoms with E-state index in [0.717, 1.165) is 10.6 Å². The summed E-state index contributed by atoms with van der Waals surface area (Å²) >= 11 is 0. The van der Waals surface area contributed by atoms with Gasteiger partial charge >= 0.3 is 6.18 Å². The zero-order valence-electron chi connectivity index (χ0n) is 11.9. The van der Waals surface area contributed by atoms with E-state index >= 15 is 0 Å². The van der Waals surface area contributed by atoms with Gasteiger partial charge in [-0.1, -0.05) is 5.16 Å². The Balaban J connectivity index is 1.87. The van der Waals surface area contributed by atoms with Crippen molar-refractivity contribution >= 4 is 0 Å². The summed E-state index contributed by atoms with van der Waals surface area (Å²) in [5, 5.41) is 3.62. The van der Waals surface area contributed by atoms with E-state index in [0.29, 0.717) is 17.8 Å². The third kappa shape index (κ3) is 3.34. The van der Waals surface area contributed by atoms with E-state index < -0.39 is 23.1 Å². The average molecular weight is 339 g/mol. The molecule has 0 radical (unpaired) electrons. The maximum atomic E-state index is 12.9. The first kappa shape index (κ1) is 15.9. The van der Waals surface area contributed by atoms with Crippen molar-refractivity contribution in [2.75, 3.05) is 0 Å². The standard InChI is InChI=1S/C15H9F4N3O2/c16-11-4-1-9(2-5-11)14-20-12(21-24-14)8-22-7-10(15(17,18)19)3-6-13(22)23/h1-7H,8H2. The van der Waals surface area contributed by atoms with Gasteiger partial charge in [-0.25, -0.2) is 4.39 Å². The van der Waals surface area contributed by atoms with Crippen LogP contribution < -0.4 is 5.56 Å². The van der Waals surface area contributed by atoms with Crippen LogP contribution in [0.4, 0.5) is 17.6 Å². The maximum absolute atomic E-state index is 12.9. The first-order chi connectivity index (χ1) is 11.3. The van der Waals surface area contributed by atoms with Gasteiger partial charge in [0, 0.05) is 17.8 Å². The van der Waals surface area contributed by atoms with Gasteiger partial charge in [-0.05, 0) is 30.3 Å². The smallest absolute Gasteiger partial charge is 0.334 e. The number of pyridine rings is 1. The Labute approximate surface area is 132 Å². The molecule has 0 unspecified atom stereocenters. The fraction of sp³-hybridized carbons (Fsp3) is 0.133. The summed E-state index contributed by atoms with van der Waals surface area (Å²) in [5.74, 6) is -0.338. The quantitative estimate of drug-likeness (QED) is 0.688. The molecule has 2 heterocycles. The molecule has 0 aliphatic rings. The van der Waals surface area contributed by atoms with Gasteiger partial charge in [0.05, 0.1) is 12.1 Å². The molecular formula is C15H9F4N3O2. The highest BCUT2D eigenvalue weighted by Crippen LogP contribution is 2.28. The van der Waals surface area contributed by atoms with E-state index in [1.807, 2.05) is 0 Å². The molecule has 0 aliphatic carbocycles. The van der Waals surface area contributed by atoms with Crippen molar-refractivity contribution in [2.45, 2.75) is 12.7 Å².